The summed E-state index contributed by atoms with van der Waals surface area (Å²) in [5.41, 5.74) is 3.50. The molecule has 0 fully saturated rings. The number of methoxy groups -OCH3 is 1. The summed E-state index contributed by atoms with van der Waals surface area (Å²) in [6.07, 6.45) is 2.75. The van der Waals surface area contributed by atoms with Crippen LogP contribution < -0.4 is 14.8 Å². The van der Waals surface area contributed by atoms with Crippen LogP contribution in [-0.2, 0) is 19.6 Å². The lowest BCUT2D eigenvalue weighted by Crippen LogP contribution is -2.34. The largest absolute Gasteiger partial charge is 0.497 e. The number of benzene rings is 2. The highest BCUT2D eigenvalue weighted by molar-refractivity contribution is 5.94. The Morgan fingerprint density at radius 1 is 1.08 bits per heavy atom. The highest BCUT2D eigenvalue weighted by atomic mass is 16.5. The Hall–Kier alpha value is -3.91. The minimum absolute atomic E-state index is 0.0326. The van der Waals surface area contributed by atoms with E-state index in [1.165, 1.54) is 5.56 Å². The molecule has 4 rings (SSSR count). The van der Waals surface area contributed by atoms with Crippen LogP contribution in [0.15, 0.2) is 66.9 Å². The predicted octanol–water partition coefficient (Wildman–Crippen LogP) is 5.32. The summed E-state index contributed by atoms with van der Waals surface area (Å²) in [5, 5.41) is 3.39. The first-order chi connectivity index (χ1) is 19.0. The van der Waals surface area contributed by atoms with Crippen molar-refractivity contribution >= 4 is 17.1 Å². The normalized spacial score (nSPS) is 11.2. The van der Waals surface area contributed by atoms with E-state index in [2.05, 4.69) is 35.6 Å². The van der Waals surface area contributed by atoms with E-state index in [1.807, 2.05) is 65.6 Å². The highest BCUT2D eigenvalue weighted by Crippen LogP contribution is 2.20. The lowest BCUT2D eigenvalue weighted by Gasteiger charge is -2.25. The maximum Gasteiger partial charge on any atom is 0.254 e. The quantitative estimate of drug-likeness (QED) is 0.223. The van der Waals surface area contributed by atoms with Gasteiger partial charge in [-0.3, -0.25) is 4.79 Å². The molecule has 0 saturated heterocycles. The highest BCUT2D eigenvalue weighted by Gasteiger charge is 2.21. The lowest BCUT2D eigenvalue weighted by molar-refractivity contribution is 0.0715. The molecule has 2 heterocycles. The second-order valence-corrected chi connectivity index (χ2v) is 10.0. The minimum atomic E-state index is -0.0326. The first-order valence-electron chi connectivity index (χ1n) is 13.6. The summed E-state index contributed by atoms with van der Waals surface area (Å²) in [5.74, 6) is 2.66. The van der Waals surface area contributed by atoms with Crippen LogP contribution in [0, 0.1) is 5.92 Å². The minimum Gasteiger partial charge on any atom is -0.497 e. The van der Waals surface area contributed by atoms with Crippen LogP contribution in [0.1, 0.15) is 48.9 Å². The van der Waals surface area contributed by atoms with E-state index >= 15 is 0 Å². The van der Waals surface area contributed by atoms with Gasteiger partial charge in [-0.1, -0.05) is 39.0 Å². The third kappa shape index (κ3) is 7.57. The first-order valence-corrected chi connectivity index (χ1v) is 13.6. The molecule has 206 valence electrons. The molecule has 0 unspecified atom stereocenters. The standard InChI is InChI=1S/C31H39N5O3/c1-5-17-36-29(34-28-10-7-15-33-30(28)36)22-35(21-23(2)3)31(37)25-8-6-9-27(19-25)39-18-16-32-20-24-11-13-26(38-4)14-12-24/h6-15,19,23,32H,5,16-18,20-22H2,1-4H3. The molecule has 4 aromatic rings. The van der Waals surface area contributed by atoms with Gasteiger partial charge >= 0.3 is 0 Å². The van der Waals surface area contributed by atoms with Gasteiger partial charge < -0.3 is 24.3 Å². The molecule has 0 aliphatic carbocycles. The SMILES string of the molecule is CCCn1c(CN(CC(C)C)C(=O)c2cccc(OCCNCc3ccc(OC)cc3)c2)nc2cccnc21. The third-order valence-corrected chi connectivity index (χ3v) is 6.35. The molecule has 0 saturated carbocycles. The number of carbonyl (C=O) groups excluding carboxylic acids is 1. The summed E-state index contributed by atoms with van der Waals surface area (Å²) < 4.78 is 13.3. The van der Waals surface area contributed by atoms with Crippen molar-refractivity contribution in [3.05, 3.63) is 83.8 Å². The molecule has 8 nitrogen and oxygen atoms in total. The topological polar surface area (TPSA) is 81.5 Å². The first kappa shape index (κ1) is 28.1. The zero-order chi connectivity index (χ0) is 27.6. The molecule has 2 aromatic carbocycles. The predicted molar refractivity (Wildman–Crippen MR) is 154 cm³/mol. The average Bonchev–Trinajstić information content (AvgIpc) is 3.29. The van der Waals surface area contributed by atoms with Gasteiger partial charge in [0.05, 0.1) is 13.7 Å². The summed E-state index contributed by atoms with van der Waals surface area (Å²) in [4.78, 5) is 24.9. The number of imidazole rings is 1. The van der Waals surface area contributed by atoms with Gasteiger partial charge in [-0.05, 0) is 60.4 Å². The van der Waals surface area contributed by atoms with E-state index in [4.69, 9.17) is 14.5 Å². The van der Waals surface area contributed by atoms with Gasteiger partial charge in [-0.15, -0.1) is 0 Å². The molecule has 0 aliphatic heterocycles. The average molecular weight is 530 g/mol. The number of amides is 1. The Balaban J connectivity index is 1.39. The number of ether oxygens (including phenoxy) is 2. The molecule has 1 amide bonds. The molecule has 8 heteroatoms. The van der Waals surface area contributed by atoms with E-state index < -0.39 is 0 Å². The van der Waals surface area contributed by atoms with Crippen LogP contribution in [-0.4, -0.2) is 52.1 Å². The molecule has 1 N–H and O–H groups in total. The van der Waals surface area contributed by atoms with E-state index in [9.17, 15) is 4.79 Å². The van der Waals surface area contributed by atoms with E-state index in [0.717, 1.165) is 42.2 Å². The third-order valence-electron chi connectivity index (χ3n) is 6.35. The number of nitrogens with one attached hydrogen (secondary N) is 1. The van der Waals surface area contributed by atoms with Gasteiger partial charge in [0.25, 0.3) is 5.91 Å². The summed E-state index contributed by atoms with van der Waals surface area (Å²) >= 11 is 0. The second kappa shape index (κ2) is 13.8. The van der Waals surface area contributed by atoms with Gasteiger partial charge in [0.1, 0.15) is 29.4 Å². The summed E-state index contributed by atoms with van der Waals surface area (Å²) in [7, 11) is 1.66. The van der Waals surface area contributed by atoms with Crippen molar-refractivity contribution in [2.75, 3.05) is 26.8 Å². The smallest absolute Gasteiger partial charge is 0.254 e. The lowest BCUT2D eigenvalue weighted by atomic mass is 10.1. The van der Waals surface area contributed by atoms with Crippen LogP contribution in [0.5, 0.6) is 11.5 Å². The molecule has 0 aliphatic rings. The fraction of sp³-hybridized carbons (Fsp3) is 0.387. The number of hydrogen-bond acceptors (Lipinski definition) is 6. The van der Waals surface area contributed by atoms with E-state index in [0.29, 0.717) is 43.5 Å². The van der Waals surface area contributed by atoms with Crippen molar-refractivity contribution in [2.24, 2.45) is 5.92 Å². The molecule has 0 radical (unpaired) electrons. The Morgan fingerprint density at radius 2 is 1.90 bits per heavy atom. The zero-order valence-electron chi connectivity index (χ0n) is 23.4. The van der Waals surface area contributed by atoms with Crippen molar-refractivity contribution < 1.29 is 14.3 Å². The number of pyridine rings is 1. The number of nitrogens with zero attached hydrogens (tertiary/aromatic N) is 4. The molecule has 2 aromatic heterocycles. The van der Waals surface area contributed by atoms with Crippen molar-refractivity contribution in [3.8, 4) is 11.5 Å². The number of fused-ring (bicyclic) bond motifs is 1. The van der Waals surface area contributed by atoms with Crippen molar-refractivity contribution in [3.63, 3.8) is 0 Å². The van der Waals surface area contributed by atoms with Gasteiger partial charge in [0.15, 0.2) is 5.65 Å². The maximum atomic E-state index is 13.7. The molecular weight excluding hydrogens is 490 g/mol. The number of aryl methyl sites for hydroxylation is 1. The fourth-order valence-electron chi connectivity index (χ4n) is 4.53. The van der Waals surface area contributed by atoms with Crippen LogP contribution in [0.4, 0.5) is 0 Å². The van der Waals surface area contributed by atoms with Crippen molar-refractivity contribution in [1.29, 1.82) is 0 Å². The Bertz CT molecular complexity index is 1350. The van der Waals surface area contributed by atoms with Crippen LogP contribution in [0.3, 0.4) is 0 Å². The molecule has 0 spiro atoms. The number of rotatable bonds is 14. The van der Waals surface area contributed by atoms with Gasteiger partial charge in [-0.25, -0.2) is 9.97 Å². The number of carbonyl (C=O) groups is 1. The molecule has 39 heavy (non-hydrogen) atoms. The van der Waals surface area contributed by atoms with E-state index in [-0.39, 0.29) is 5.91 Å². The van der Waals surface area contributed by atoms with Crippen molar-refractivity contribution in [2.45, 2.75) is 46.8 Å². The molecule has 0 atom stereocenters. The summed E-state index contributed by atoms with van der Waals surface area (Å²) in [6, 6.07) is 19.3. The Labute approximate surface area is 231 Å². The number of aromatic nitrogens is 3. The Morgan fingerprint density at radius 3 is 2.64 bits per heavy atom. The second-order valence-electron chi connectivity index (χ2n) is 10.0. The van der Waals surface area contributed by atoms with Crippen LogP contribution in [0.25, 0.3) is 11.2 Å². The monoisotopic (exact) mass is 529 g/mol. The number of hydrogen-bond donors (Lipinski definition) is 1. The molecular formula is C31H39N5O3. The zero-order valence-corrected chi connectivity index (χ0v) is 23.4. The van der Waals surface area contributed by atoms with Gasteiger partial charge in [0, 0.05) is 37.9 Å². The van der Waals surface area contributed by atoms with Crippen LogP contribution >= 0.6 is 0 Å². The van der Waals surface area contributed by atoms with Crippen LogP contribution in [0.2, 0.25) is 0 Å². The van der Waals surface area contributed by atoms with Gasteiger partial charge in [0.2, 0.25) is 0 Å². The Kier molecular flexibility index (Phi) is 9.91. The maximum absolute atomic E-state index is 13.7. The fourth-order valence-corrected chi connectivity index (χ4v) is 4.53. The van der Waals surface area contributed by atoms with Gasteiger partial charge in [-0.2, -0.15) is 0 Å². The van der Waals surface area contributed by atoms with Crippen molar-refractivity contribution in [1.82, 2.24) is 24.8 Å². The molecule has 0 bridgehead atoms. The summed E-state index contributed by atoms with van der Waals surface area (Å²) in [6.45, 7) is 10.2. The van der Waals surface area contributed by atoms with E-state index in [1.54, 1.807) is 13.3 Å².